The van der Waals surface area contributed by atoms with Crippen LogP contribution in [-0.2, 0) is 9.47 Å². The van der Waals surface area contributed by atoms with Gasteiger partial charge in [0.15, 0.2) is 0 Å². The summed E-state index contributed by atoms with van der Waals surface area (Å²) in [5, 5.41) is 9.22. The molecule has 0 amide bonds. The number of hydrogen-bond acceptors (Lipinski definition) is 5. The van der Waals surface area contributed by atoms with Gasteiger partial charge in [0.2, 0.25) is 5.76 Å². The Morgan fingerprint density at radius 2 is 2.28 bits per heavy atom. The Labute approximate surface area is 105 Å². The van der Waals surface area contributed by atoms with Gasteiger partial charge in [-0.1, -0.05) is 0 Å². The molecule has 1 aliphatic rings. The van der Waals surface area contributed by atoms with Crippen molar-refractivity contribution >= 4 is 5.97 Å². The van der Waals surface area contributed by atoms with Crippen LogP contribution in [0.1, 0.15) is 29.0 Å². The number of rotatable bonds is 3. The smallest absolute Gasteiger partial charge is 0.374 e. The molecule has 5 heteroatoms. The van der Waals surface area contributed by atoms with Crippen LogP contribution in [0.3, 0.4) is 0 Å². The number of aryl methyl sites for hydroxylation is 1. The highest BCUT2D eigenvalue weighted by atomic mass is 16.5. The molecule has 1 aliphatic heterocycles. The van der Waals surface area contributed by atoms with E-state index in [9.17, 15) is 10.1 Å². The molecular formula is C13H15NO4. The van der Waals surface area contributed by atoms with Crippen molar-refractivity contribution in [3.63, 3.8) is 0 Å². The third-order valence-corrected chi connectivity index (χ3v) is 3.21. The molecule has 0 bridgehead atoms. The van der Waals surface area contributed by atoms with Crippen LogP contribution in [0.2, 0.25) is 0 Å². The van der Waals surface area contributed by atoms with E-state index in [1.54, 1.807) is 13.0 Å². The number of ether oxygens (including phenoxy) is 2. The Bertz CT molecular complexity index is 466. The van der Waals surface area contributed by atoms with Gasteiger partial charge in [-0.25, -0.2) is 4.79 Å². The molecule has 0 N–H and O–H groups in total. The van der Waals surface area contributed by atoms with Crippen molar-refractivity contribution in [1.82, 2.24) is 0 Å². The van der Waals surface area contributed by atoms with E-state index in [0.29, 0.717) is 26.1 Å². The summed E-state index contributed by atoms with van der Waals surface area (Å²) < 4.78 is 15.5. The minimum Gasteiger partial charge on any atom is -0.458 e. The van der Waals surface area contributed by atoms with Crippen LogP contribution >= 0.6 is 0 Å². The fourth-order valence-corrected chi connectivity index (χ4v) is 1.90. The molecular weight excluding hydrogens is 234 g/mol. The van der Waals surface area contributed by atoms with Crippen molar-refractivity contribution in [2.45, 2.75) is 19.8 Å². The van der Waals surface area contributed by atoms with E-state index in [2.05, 4.69) is 6.07 Å². The van der Waals surface area contributed by atoms with E-state index in [1.165, 1.54) is 6.26 Å². The number of furan rings is 1. The Morgan fingerprint density at radius 3 is 2.83 bits per heavy atom. The van der Waals surface area contributed by atoms with Crippen LogP contribution in [0.25, 0.3) is 0 Å². The van der Waals surface area contributed by atoms with Crippen LogP contribution in [0.4, 0.5) is 0 Å². The SMILES string of the molecule is Cc1ccoc1C(=O)OCC1(C#N)CCOCC1. The maximum atomic E-state index is 11.8. The van der Waals surface area contributed by atoms with Gasteiger partial charge in [-0.05, 0) is 25.8 Å². The van der Waals surface area contributed by atoms with Gasteiger partial charge in [-0.2, -0.15) is 5.26 Å². The average molecular weight is 249 g/mol. The zero-order valence-electron chi connectivity index (χ0n) is 10.3. The molecule has 2 rings (SSSR count). The van der Waals surface area contributed by atoms with Gasteiger partial charge in [0.1, 0.15) is 6.61 Å². The van der Waals surface area contributed by atoms with Crippen LogP contribution in [0, 0.1) is 23.7 Å². The Hall–Kier alpha value is -1.80. The van der Waals surface area contributed by atoms with Gasteiger partial charge in [0.25, 0.3) is 0 Å². The number of nitrogens with zero attached hydrogens (tertiary/aromatic N) is 1. The average Bonchev–Trinajstić information content (AvgIpc) is 2.83. The van der Waals surface area contributed by atoms with E-state index in [1.807, 2.05) is 0 Å². The predicted molar refractivity (Wildman–Crippen MR) is 61.8 cm³/mol. The lowest BCUT2D eigenvalue weighted by atomic mass is 9.83. The minimum absolute atomic E-state index is 0.0891. The van der Waals surface area contributed by atoms with Crippen molar-refractivity contribution in [1.29, 1.82) is 5.26 Å². The molecule has 96 valence electrons. The van der Waals surface area contributed by atoms with Crippen LogP contribution in [0.5, 0.6) is 0 Å². The van der Waals surface area contributed by atoms with Crippen LogP contribution in [-0.4, -0.2) is 25.8 Å². The fraction of sp³-hybridized carbons (Fsp3) is 0.538. The van der Waals surface area contributed by atoms with E-state index in [4.69, 9.17) is 13.9 Å². The second kappa shape index (κ2) is 5.23. The quantitative estimate of drug-likeness (QED) is 0.767. The summed E-state index contributed by atoms with van der Waals surface area (Å²) >= 11 is 0. The van der Waals surface area contributed by atoms with Crippen LogP contribution in [0.15, 0.2) is 16.7 Å². The molecule has 18 heavy (non-hydrogen) atoms. The lowest BCUT2D eigenvalue weighted by Gasteiger charge is -2.29. The van der Waals surface area contributed by atoms with E-state index < -0.39 is 11.4 Å². The minimum atomic E-state index is -0.617. The Balaban J connectivity index is 1.97. The molecule has 1 aromatic rings. The lowest BCUT2D eigenvalue weighted by Crippen LogP contribution is -2.33. The molecule has 1 aromatic heterocycles. The molecule has 0 atom stereocenters. The first kappa shape index (κ1) is 12.7. The molecule has 0 unspecified atom stereocenters. The lowest BCUT2D eigenvalue weighted by molar-refractivity contribution is -0.00623. The highest BCUT2D eigenvalue weighted by Gasteiger charge is 2.34. The monoisotopic (exact) mass is 249 g/mol. The topological polar surface area (TPSA) is 72.5 Å². The second-order valence-corrected chi connectivity index (χ2v) is 4.51. The maximum absolute atomic E-state index is 11.8. The van der Waals surface area contributed by atoms with Gasteiger partial charge in [0, 0.05) is 18.8 Å². The van der Waals surface area contributed by atoms with Crippen molar-refractivity contribution in [2.24, 2.45) is 5.41 Å². The van der Waals surface area contributed by atoms with E-state index >= 15 is 0 Å². The predicted octanol–water partition coefficient (Wildman–Crippen LogP) is 2.07. The van der Waals surface area contributed by atoms with Gasteiger partial charge in [0.05, 0.1) is 17.7 Å². The summed E-state index contributed by atoms with van der Waals surface area (Å²) in [7, 11) is 0. The summed E-state index contributed by atoms with van der Waals surface area (Å²) in [5.41, 5.74) is 0.118. The summed E-state index contributed by atoms with van der Waals surface area (Å²) in [5.74, 6) is -0.311. The molecule has 2 heterocycles. The number of hydrogen-bond donors (Lipinski definition) is 0. The molecule has 0 aliphatic carbocycles. The van der Waals surface area contributed by atoms with Crippen molar-refractivity contribution in [3.05, 3.63) is 23.7 Å². The van der Waals surface area contributed by atoms with Gasteiger partial charge in [-0.15, -0.1) is 0 Å². The molecule has 0 spiro atoms. The zero-order chi connectivity index (χ0) is 13.0. The highest BCUT2D eigenvalue weighted by molar-refractivity contribution is 5.87. The summed E-state index contributed by atoms with van der Waals surface area (Å²) in [6.45, 7) is 2.93. The summed E-state index contributed by atoms with van der Waals surface area (Å²) in [6.07, 6.45) is 2.63. The van der Waals surface area contributed by atoms with Crippen molar-refractivity contribution in [3.8, 4) is 6.07 Å². The van der Waals surface area contributed by atoms with E-state index in [0.717, 1.165) is 5.56 Å². The number of esters is 1. The second-order valence-electron chi connectivity index (χ2n) is 4.51. The third kappa shape index (κ3) is 2.54. The zero-order valence-corrected chi connectivity index (χ0v) is 10.3. The molecule has 1 fully saturated rings. The van der Waals surface area contributed by atoms with Crippen LogP contribution < -0.4 is 0 Å². The first-order valence-corrected chi connectivity index (χ1v) is 5.87. The maximum Gasteiger partial charge on any atom is 0.374 e. The Kier molecular flexibility index (Phi) is 3.68. The molecule has 0 saturated carbocycles. The number of carbonyl (C=O) groups is 1. The standard InChI is InChI=1S/C13H15NO4/c1-10-2-5-17-11(10)12(15)18-9-13(8-14)3-6-16-7-4-13/h2,5H,3-4,6-7,9H2,1H3. The number of nitriles is 1. The van der Waals surface area contributed by atoms with Crippen molar-refractivity contribution in [2.75, 3.05) is 19.8 Å². The highest BCUT2D eigenvalue weighted by Crippen LogP contribution is 2.30. The summed E-state index contributed by atoms with van der Waals surface area (Å²) in [4.78, 5) is 11.8. The molecule has 0 aromatic carbocycles. The first-order chi connectivity index (χ1) is 8.67. The number of carbonyl (C=O) groups excluding carboxylic acids is 1. The molecule has 1 saturated heterocycles. The van der Waals surface area contributed by atoms with Gasteiger partial charge in [-0.3, -0.25) is 0 Å². The Morgan fingerprint density at radius 1 is 1.56 bits per heavy atom. The van der Waals surface area contributed by atoms with Gasteiger partial charge < -0.3 is 13.9 Å². The first-order valence-electron chi connectivity index (χ1n) is 5.87. The van der Waals surface area contributed by atoms with E-state index in [-0.39, 0.29) is 12.4 Å². The molecule has 0 radical (unpaired) electrons. The third-order valence-electron chi connectivity index (χ3n) is 3.21. The normalized spacial score (nSPS) is 18.0. The fourth-order valence-electron chi connectivity index (χ4n) is 1.90. The van der Waals surface area contributed by atoms with Gasteiger partial charge >= 0.3 is 5.97 Å². The molecule has 5 nitrogen and oxygen atoms in total. The largest absolute Gasteiger partial charge is 0.458 e. The summed E-state index contributed by atoms with van der Waals surface area (Å²) in [6, 6.07) is 3.94. The van der Waals surface area contributed by atoms with Crippen molar-refractivity contribution < 1.29 is 18.7 Å².